The summed E-state index contributed by atoms with van der Waals surface area (Å²) in [6.45, 7) is 0. The van der Waals surface area contributed by atoms with Crippen molar-refractivity contribution in [2.75, 3.05) is 0 Å². The number of carbonyl (C=O) groups is 1. The highest BCUT2D eigenvalue weighted by Gasteiger charge is 2.06. The molecule has 0 saturated carbocycles. The molecule has 0 amide bonds. The minimum Gasteiger partial charge on any atom is -0.481 e. The van der Waals surface area contributed by atoms with Crippen molar-refractivity contribution in [2.45, 2.75) is 24.5 Å². The molecule has 0 bridgehead atoms. The third-order valence-corrected chi connectivity index (χ3v) is 2.64. The highest BCUT2D eigenvalue weighted by Crippen LogP contribution is 2.11. The third kappa shape index (κ3) is 6.65. The third-order valence-electron chi connectivity index (χ3n) is 1.15. The normalized spacial score (nSPS) is 12.5. The van der Waals surface area contributed by atoms with E-state index in [0.29, 0.717) is 17.0 Å². The summed E-state index contributed by atoms with van der Waals surface area (Å²) in [5.41, 5.74) is 0. The lowest BCUT2D eigenvalue weighted by molar-refractivity contribution is -0.137. The van der Waals surface area contributed by atoms with Crippen molar-refractivity contribution in [3.8, 4) is 0 Å². The van der Waals surface area contributed by atoms with E-state index in [1.54, 1.807) is 0 Å². The number of thiol groups is 2. The molecule has 64 valence electrons. The Bertz CT molecular complexity index is 158. The Kier molecular flexibility index (Phi) is 5.99. The zero-order chi connectivity index (χ0) is 8.85. The van der Waals surface area contributed by atoms with Gasteiger partial charge in [0.05, 0.1) is 4.20 Å². The summed E-state index contributed by atoms with van der Waals surface area (Å²) < 4.78 is 0.527. The standard InChI is InChI=1S/C6H10O2S3/c7-5(8)3-1-2-4(9)6(10)11/h4,9H,1-3H2,(H,7,8)(H,10,11). The van der Waals surface area contributed by atoms with Crippen LogP contribution < -0.4 is 0 Å². The van der Waals surface area contributed by atoms with Gasteiger partial charge in [-0.15, -0.1) is 12.6 Å². The monoisotopic (exact) mass is 210 g/mol. The molecular weight excluding hydrogens is 200 g/mol. The van der Waals surface area contributed by atoms with E-state index >= 15 is 0 Å². The Morgan fingerprint density at radius 1 is 1.64 bits per heavy atom. The van der Waals surface area contributed by atoms with Crippen LogP contribution in [-0.2, 0) is 4.79 Å². The van der Waals surface area contributed by atoms with Gasteiger partial charge >= 0.3 is 5.97 Å². The molecule has 1 atom stereocenters. The number of carboxylic acid groups (broad SMARTS) is 1. The van der Waals surface area contributed by atoms with Gasteiger partial charge in [-0.3, -0.25) is 4.79 Å². The van der Waals surface area contributed by atoms with E-state index in [-0.39, 0.29) is 11.7 Å². The summed E-state index contributed by atoms with van der Waals surface area (Å²) in [5.74, 6) is -0.782. The predicted octanol–water partition coefficient (Wildman–Crippen LogP) is 1.80. The van der Waals surface area contributed by atoms with Crippen molar-refractivity contribution < 1.29 is 9.90 Å². The lowest BCUT2D eigenvalue weighted by Gasteiger charge is -2.05. The van der Waals surface area contributed by atoms with Crippen molar-refractivity contribution in [3.63, 3.8) is 0 Å². The maximum atomic E-state index is 10.1. The summed E-state index contributed by atoms with van der Waals surface area (Å²) >= 11 is 12.8. The van der Waals surface area contributed by atoms with Gasteiger partial charge in [0.15, 0.2) is 0 Å². The van der Waals surface area contributed by atoms with Gasteiger partial charge in [-0.05, 0) is 12.8 Å². The van der Waals surface area contributed by atoms with Crippen molar-refractivity contribution >= 4 is 47.6 Å². The first-order valence-electron chi connectivity index (χ1n) is 3.16. The molecule has 2 nitrogen and oxygen atoms in total. The molecule has 0 aliphatic rings. The van der Waals surface area contributed by atoms with Crippen LogP contribution in [0.15, 0.2) is 0 Å². The van der Waals surface area contributed by atoms with Crippen molar-refractivity contribution in [1.82, 2.24) is 0 Å². The van der Waals surface area contributed by atoms with Crippen LogP contribution in [0.3, 0.4) is 0 Å². The van der Waals surface area contributed by atoms with Crippen LogP contribution in [0.25, 0.3) is 0 Å². The maximum absolute atomic E-state index is 10.1. The second-order valence-electron chi connectivity index (χ2n) is 2.14. The second-order valence-corrected chi connectivity index (χ2v) is 3.99. The lowest BCUT2D eigenvalue weighted by atomic mass is 10.2. The Balaban J connectivity index is 3.39. The van der Waals surface area contributed by atoms with Crippen LogP contribution >= 0.6 is 37.5 Å². The summed E-state index contributed by atoms with van der Waals surface area (Å²) in [4.78, 5) is 10.1. The number of hydrogen-bond acceptors (Lipinski definition) is 3. The van der Waals surface area contributed by atoms with Crippen molar-refractivity contribution in [2.24, 2.45) is 0 Å². The molecule has 0 spiro atoms. The van der Waals surface area contributed by atoms with Gasteiger partial charge in [0, 0.05) is 11.7 Å². The predicted molar refractivity (Wildman–Crippen MR) is 55.8 cm³/mol. The fourth-order valence-electron chi connectivity index (χ4n) is 0.570. The molecule has 1 unspecified atom stereocenters. The highest BCUT2D eigenvalue weighted by atomic mass is 32.1. The molecule has 1 N–H and O–H groups in total. The summed E-state index contributed by atoms with van der Waals surface area (Å²) in [7, 11) is 0. The van der Waals surface area contributed by atoms with Crippen molar-refractivity contribution in [3.05, 3.63) is 0 Å². The van der Waals surface area contributed by atoms with Crippen LogP contribution in [0.1, 0.15) is 19.3 Å². The van der Waals surface area contributed by atoms with Gasteiger partial charge < -0.3 is 5.11 Å². The van der Waals surface area contributed by atoms with Gasteiger partial charge in [0.1, 0.15) is 0 Å². The first kappa shape index (κ1) is 11.3. The molecule has 0 fully saturated rings. The minimum absolute atomic E-state index is 0.0623. The number of aliphatic carboxylic acids is 1. The fourth-order valence-corrected chi connectivity index (χ4v) is 1.000. The van der Waals surface area contributed by atoms with Crippen LogP contribution in [0, 0.1) is 0 Å². The Labute approximate surface area is 82.2 Å². The van der Waals surface area contributed by atoms with Gasteiger partial charge in [0.25, 0.3) is 0 Å². The molecular formula is C6H10O2S3. The lowest BCUT2D eigenvalue weighted by Crippen LogP contribution is -2.06. The molecule has 0 rings (SSSR count). The topological polar surface area (TPSA) is 37.3 Å². The largest absolute Gasteiger partial charge is 0.481 e. The molecule has 0 aliphatic carbocycles. The second kappa shape index (κ2) is 5.85. The minimum atomic E-state index is -0.782. The summed E-state index contributed by atoms with van der Waals surface area (Å²) in [5, 5.41) is 8.23. The fraction of sp³-hybridized carbons (Fsp3) is 0.667. The van der Waals surface area contributed by atoms with E-state index in [4.69, 9.17) is 17.3 Å². The molecule has 0 aromatic heterocycles. The van der Waals surface area contributed by atoms with E-state index in [1.165, 1.54) is 0 Å². The molecule has 0 radical (unpaired) electrons. The number of rotatable bonds is 5. The number of thiocarbonyl (C=S) groups is 1. The smallest absolute Gasteiger partial charge is 0.303 e. The van der Waals surface area contributed by atoms with E-state index < -0.39 is 5.97 Å². The SMILES string of the molecule is O=C(O)CCCC(S)C(=S)S. The zero-order valence-corrected chi connectivity index (χ0v) is 8.46. The maximum Gasteiger partial charge on any atom is 0.303 e. The van der Waals surface area contributed by atoms with E-state index in [2.05, 4.69) is 25.3 Å². The van der Waals surface area contributed by atoms with Crippen LogP contribution in [-0.4, -0.2) is 20.5 Å². The van der Waals surface area contributed by atoms with Crippen molar-refractivity contribution in [1.29, 1.82) is 0 Å². The van der Waals surface area contributed by atoms with Crippen LogP contribution in [0.4, 0.5) is 0 Å². The van der Waals surface area contributed by atoms with E-state index in [0.717, 1.165) is 0 Å². The zero-order valence-electron chi connectivity index (χ0n) is 5.86. The number of carboxylic acids is 1. The molecule has 0 aliphatic heterocycles. The Morgan fingerprint density at radius 3 is 2.55 bits per heavy atom. The summed E-state index contributed by atoms with van der Waals surface area (Å²) in [6.07, 6.45) is 1.45. The molecule has 0 saturated heterocycles. The van der Waals surface area contributed by atoms with Gasteiger partial charge in [-0.2, -0.15) is 12.6 Å². The molecule has 0 aromatic carbocycles. The highest BCUT2D eigenvalue weighted by molar-refractivity contribution is 8.13. The van der Waals surface area contributed by atoms with Gasteiger partial charge in [-0.25, -0.2) is 0 Å². The molecule has 11 heavy (non-hydrogen) atoms. The van der Waals surface area contributed by atoms with Crippen LogP contribution in [0.5, 0.6) is 0 Å². The first-order chi connectivity index (χ1) is 5.04. The summed E-state index contributed by atoms with van der Waals surface area (Å²) in [6, 6.07) is 0. The average Bonchev–Trinajstić information content (AvgIpc) is 1.86. The quantitative estimate of drug-likeness (QED) is 0.478. The molecule has 0 heterocycles. The Hall–Kier alpha value is 0.260. The van der Waals surface area contributed by atoms with E-state index in [9.17, 15) is 4.79 Å². The van der Waals surface area contributed by atoms with Gasteiger partial charge in [-0.1, -0.05) is 12.2 Å². The van der Waals surface area contributed by atoms with Crippen LogP contribution in [0.2, 0.25) is 0 Å². The van der Waals surface area contributed by atoms with E-state index in [1.807, 2.05) is 0 Å². The molecule has 5 heteroatoms. The Morgan fingerprint density at radius 2 is 2.18 bits per heavy atom. The average molecular weight is 210 g/mol. The first-order valence-corrected chi connectivity index (χ1v) is 4.54. The van der Waals surface area contributed by atoms with Gasteiger partial charge in [0.2, 0.25) is 0 Å². The number of hydrogen-bond donors (Lipinski definition) is 3. The molecule has 0 aromatic rings.